The Morgan fingerprint density at radius 3 is 2.60 bits per heavy atom. The van der Waals surface area contributed by atoms with Gasteiger partial charge in [-0.2, -0.15) is 15.0 Å². The molecule has 0 saturated carbocycles. The largest absolute Gasteiger partial charge is 0.366 e. The molecule has 0 saturated heterocycles. The Kier molecular flexibility index (Phi) is 2.21. The first kappa shape index (κ1) is 9.39. The zero-order chi connectivity index (χ0) is 10.8. The molecule has 0 atom stereocenters. The van der Waals surface area contributed by atoms with Gasteiger partial charge in [0.05, 0.1) is 23.6 Å². The van der Waals surface area contributed by atoms with Crippen LogP contribution < -0.4 is 5.73 Å². The van der Waals surface area contributed by atoms with Crippen molar-refractivity contribution in [2.24, 2.45) is 5.73 Å². The molecule has 0 aliphatic carbocycles. The van der Waals surface area contributed by atoms with Crippen LogP contribution in [-0.4, -0.2) is 20.9 Å². The Hall–Kier alpha value is -2.17. The van der Waals surface area contributed by atoms with Crippen LogP contribution in [0.4, 0.5) is 0 Å². The topological polar surface area (TPSA) is 73.8 Å². The highest BCUT2D eigenvalue weighted by Gasteiger charge is 2.10. The summed E-state index contributed by atoms with van der Waals surface area (Å²) in [4.78, 5) is 12.6. The number of aryl methyl sites for hydroxylation is 1. The second kappa shape index (κ2) is 3.53. The fraction of sp³-hybridized carbons (Fsp3) is 0.100. The second-order valence-electron chi connectivity index (χ2n) is 3.20. The summed E-state index contributed by atoms with van der Waals surface area (Å²) in [5.74, 6) is -0.481. The summed E-state index contributed by atoms with van der Waals surface area (Å²) in [6.07, 6.45) is 3.09. The number of carbonyl (C=O) groups excluding carboxylic acids is 1. The van der Waals surface area contributed by atoms with Crippen molar-refractivity contribution in [2.75, 3.05) is 0 Å². The highest BCUT2D eigenvalue weighted by molar-refractivity contribution is 5.96. The molecule has 0 bridgehead atoms. The molecule has 1 aromatic carbocycles. The van der Waals surface area contributed by atoms with Gasteiger partial charge in [-0.25, -0.2) is 0 Å². The second-order valence-corrected chi connectivity index (χ2v) is 3.20. The summed E-state index contributed by atoms with van der Waals surface area (Å²) in [6, 6.07) is 5.38. The van der Waals surface area contributed by atoms with E-state index in [2.05, 4.69) is 10.2 Å². The molecule has 76 valence electrons. The normalized spacial score (nSPS) is 10.2. The summed E-state index contributed by atoms with van der Waals surface area (Å²) >= 11 is 0. The lowest BCUT2D eigenvalue weighted by molar-refractivity contribution is 0.1000. The van der Waals surface area contributed by atoms with Gasteiger partial charge < -0.3 is 5.73 Å². The minimum Gasteiger partial charge on any atom is -0.366 e. The first-order valence-electron chi connectivity index (χ1n) is 4.45. The van der Waals surface area contributed by atoms with Gasteiger partial charge in [-0.05, 0) is 19.1 Å². The standard InChI is InChI=1S/C10H10N4O/c1-7-2-3-9(8(6-7)10(11)15)14-12-4-5-13-14/h2-6H,1H3,(H2,11,15). The number of benzene rings is 1. The first-order chi connectivity index (χ1) is 7.18. The fourth-order valence-electron chi connectivity index (χ4n) is 1.36. The molecule has 1 heterocycles. The molecule has 1 amide bonds. The van der Waals surface area contributed by atoms with E-state index in [0.29, 0.717) is 11.3 Å². The van der Waals surface area contributed by atoms with Crippen molar-refractivity contribution in [3.8, 4) is 5.69 Å². The summed E-state index contributed by atoms with van der Waals surface area (Å²) in [5, 5.41) is 7.91. The SMILES string of the molecule is Cc1ccc(-n2nccn2)c(C(N)=O)c1. The molecule has 0 aliphatic heterocycles. The van der Waals surface area contributed by atoms with E-state index in [1.165, 1.54) is 4.80 Å². The van der Waals surface area contributed by atoms with Gasteiger partial charge in [-0.3, -0.25) is 4.79 Å². The van der Waals surface area contributed by atoms with Crippen molar-refractivity contribution in [2.45, 2.75) is 6.92 Å². The molecule has 5 nitrogen and oxygen atoms in total. The van der Waals surface area contributed by atoms with Crippen LogP contribution >= 0.6 is 0 Å². The highest BCUT2D eigenvalue weighted by atomic mass is 16.1. The van der Waals surface area contributed by atoms with Crippen molar-refractivity contribution in [3.63, 3.8) is 0 Å². The van der Waals surface area contributed by atoms with Crippen molar-refractivity contribution in [1.29, 1.82) is 0 Å². The zero-order valence-corrected chi connectivity index (χ0v) is 8.21. The summed E-state index contributed by atoms with van der Waals surface area (Å²) in [5.41, 5.74) is 7.27. The molecule has 1 aromatic heterocycles. The van der Waals surface area contributed by atoms with Crippen molar-refractivity contribution in [1.82, 2.24) is 15.0 Å². The summed E-state index contributed by atoms with van der Waals surface area (Å²) < 4.78 is 0. The number of hydrogen-bond acceptors (Lipinski definition) is 3. The van der Waals surface area contributed by atoms with E-state index in [0.717, 1.165) is 5.56 Å². The molecule has 2 N–H and O–H groups in total. The van der Waals surface area contributed by atoms with Crippen LogP contribution in [0.3, 0.4) is 0 Å². The van der Waals surface area contributed by atoms with Crippen LogP contribution in [0.2, 0.25) is 0 Å². The summed E-state index contributed by atoms with van der Waals surface area (Å²) in [6.45, 7) is 1.90. The van der Waals surface area contributed by atoms with E-state index in [1.807, 2.05) is 13.0 Å². The molecule has 0 spiro atoms. The highest BCUT2D eigenvalue weighted by Crippen LogP contribution is 2.13. The fourth-order valence-corrected chi connectivity index (χ4v) is 1.36. The van der Waals surface area contributed by atoms with E-state index >= 15 is 0 Å². The quantitative estimate of drug-likeness (QED) is 0.778. The minimum atomic E-state index is -0.481. The maximum atomic E-state index is 11.2. The lowest BCUT2D eigenvalue weighted by Crippen LogP contribution is -2.15. The van der Waals surface area contributed by atoms with Gasteiger partial charge in [0.1, 0.15) is 0 Å². The number of hydrogen-bond donors (Lipinski definition) is 1. The molecule has 0 unspecified atom stereocenters. The molecule has 5 heteroatoms. The van der Waals surface area contributed by atoms with Crippen LogP contribution in [0, 0.1) is 6.92 Å². The maximum Gasteiger partial charge on any atom is 0.250 e. The van der Waals surface area contributed by atoms with E-state index in [-0.39, 0.29) is 0 Å². The molecular formula is C10H10N4O. The smallest absolute Gasteiger partial charge is 0.250 e. The number of nitrogens with two attached hydrogens (primary N) is 1. The third-order valence-electron chi connectivity index (χ3n) is 2.05. The van der Waals surface area contributed by atoms with Crippen LogP contribution in [0.15, 0.2) is 30.6 Å². The predicted molar refractivity (Wildman–Crippen MR) is 54.6 cm³/mol. The Labute approximate surface area is 86.5 Å². The number of rotatable bonds is 2. The molecule has 2 aromatic rings. The molecule has 2 rings (SSSR count). The van der Waals surface area contributed by atoms with Gasteiger partial charge in [0.15, 0.2) is 0 Å². The van der Waals surface area contributed by atoms with Gasteiger partial charge in [0, 0.05) is 0 Å². The third-order valence-corrected chi connectivity index (χ3v) is 2.05. The predicted octanol–water partition coefficient (Wildman–Crippen LogP) is 0.675. The van der Waals surface area contributed by atoms with Crippen LogP contribution in [0.5, 0.6) is 0 Å². The summed E-state index contributed by atoms with van der Waals surface area (Å²) in [7, 11) is 0. The number of carbonyl (C=O) groups is 1. The first-order valence-corrected chi connectivity index (χ1v) is 4.45. The number of nitrogens with zero attached hydrogens (tertiary/aromatic N) is 3. The van der Waals surface area contributed by atoms with Gasteiger partial charge in [-0.1, -0.05) is 11.6 Å². The third kappa shape index (κ3) is 1.71. The molecule has 0 radical (unpaired) electrons. The van der Waals surface area contributed by atoms with E-state index in [9.17, 15) is 4.79 Å². The Morgan fingerprint density at radius 2 is 2.00 bits per heavy atom. The lowest BCUT2D eigenvalue weighted by atomic mass is 10.1. The van der Waals surface area contributed by atoms with Crippen molar-refractivity contribution in [3.05, 3.63) is 41.7 Å². The zero-order valence-electron chi connectivity index (χ0n) is 8.21. The molecule has 0 fully saturated rings. The lowest BCUT2D eigenvalue weighted by Gasteiger charge is -2.05. The number of aromatic nitrogens is 3. The van der Waals surface area contributed by atoms with Gasteiger partial charge >= 0.3 is 0 Å². The number of primary amides is 1. The Balaban J connectivity index is 2.61. The van der Waals surface area contributed by atoms with Gasteiger partial charge in [0.2, 0.25) is 0 Å². The van der Waals surface area contributed by atoms with Crippen LogP contribution in [-0.2, 0) is 0 Å². The van der Waals surface area contributed by atoms with E-state index < -0.39 is 5.91 Å². The average molecular weight is 202 g/mol. The van der Waals surface area contributed by atoms with Crippen LogP contribution in [0.1, 0.15) is 15.9 Å². The Morgan fingerprint density at radius 1 is 1.33 bits per heavy atom. The van der Waals surface area contributed by atoms with E-state index in [4.69, 9.17) is 5.73 Å². The number of amides is 1. The molecule has 0 aliphatic rings. The maximum absolute atomic E-state index is 11.2. The van der Waals surface area contributed by atoms with Crippen LogP contribution in [0.25, 0.3) is 5.69 Å². The van der Waals surface area contributed by atoms with E-state index in [1.54, 1.807) is 24.5 Å². The van der Waals surface area contributed by atoms with Crippen molar-refractivity contribution >= 4 is 5.91 Å². The monoisotopic (exact) mass is 202 g/mol. The van der Waals surface area contributed by atoms with Gasteiger partial charge in [0.25, 0.3) is 5.91 Å². The van der Waals surface area contributed by atoms with Crippen molar-refractivity contribution < 1.29 is 4.79 Å². The minimum absolute atomic E-state index is 0.422. The molecular weight excluding hydrogens is 192 g/mol. The average Bonchev–Trinajstić information content (AvgIpc) is 2.70. The van der Waals surface area contributed by atoms with Gasteiger partial charge in [-0.15, -0.1) is 0 Å². The molecule has 15 heavy (non-hydrogen) atoms. The Bertz CT molecular complexity index is 490.